The molecule has 286 valence electrons. The molecule has 0 saturated carbocycles. The number of aromatic amines is 1. The van der Waals surface area contributed by atoms with Gasteiger partial charge in [-0.25, -0.2) is 0 Å². The number of fused-ring (bicyclic) bond motifs is 4. The Kier molecular flexibility index (Phi) is 12.0. The van der Waals surface area contributed by atoms with Crippen LogP contribution >= 0.6 is 0 Å². The number of H-pyrrole nitrogens is 1. The first-order valence-electron chi connectivity index (χ1n) is 19.5. The number of esters is 1. The van der Waals surface area contributed by atoms with Crippen molar-refractivity contribution in [3.05, 3.63) is 106 Å². The standard InChI is InChI=1S/C43H52N4O7/c48-36-14-12-34(35-13-15-39(50)45-41(35)36)37(49)28-44-20-5-2-6-25-53-33-11-7-8-30(26-33)27-40(51)47-23-18-43(19-24-47,32-9-3-1-4-10-32)42(52)54-38-29-46-21-16-31(38)17-22-46/h1,3-4,7-15,26,31,37-38,44,48-49H,2,5-6,16-25,27-29H2,(H,45,50)/t37?,38-/m0/s1. The first-order chi connectivity index (χ1) is 26.3. The van der Waals surface area contributed by atoms with Crippen molar-refractivity contribution in [2.45, 2.75) is 69.0 Å². The third-order valence-corrected chi connectivity index (χ3v) is 11.7. The normalized spacial score (nSPS) is 21.1. The van der Waals surface area contributed by atoms with Crippen molar-refractivity contribution in [3.8, 4) is 11.5 Å². The van der Waals surface area contributed by atoms with Crippen molar-refractivity contribution in [2.75, 3.05) is 52.4 Å². The van der Waals surface area contributed by atoms with Crippen LogP contribution in [0.2, 0.25) is 0 Å². The van der Waals surface area contributed by atoms with E-state index in [1.165, 1.54) is 12.1 Å². The maximum absolute atomic E-state index is 14.0. The summed E-state index contributed by atoms with van der Waals surface area (Å²) in [6.07, 6.45) is 5.41. The summed E-state index contributed by atoms with van der Waals surface area (Å²) in [5.74, 6) is 1.06. The minimum Gasteiger partial charge on any atom is -0.506 e. The van der Waals surface area contributed by atoms with E-state index in [1.54, 1.807) is 12.1 Å². The molecule has 4 aromatic rings. The second kappa shape index (κ2) is 17.2. The number of aliphatic hydroxyl groups is 1. The van der Waals surface area contributed by atoms with Gasteiger partial charge in [0.25, 0.3) is 0 Å². The third kappa shape index (κ3) is 8.64. The number of ether oxygens (including phenoxy) is 2. The van der Waals surface area contributed by atoms with Crippen molar-refractivity contribution >= 4 is 22.8 Å². The number of pyridine rings is 1. The second-order valence-corrected chi connectivity index (χ2v) is 15.1. The lowest BCUT2D eigenvalue weighted by Gasteiger charge is -2.46. The minimum atomic E-state index is -0.789. The average Bonchev–Trinajstić information content (AvgIpc) is 3.20. The van der Waals surface area contributed by atoms with Gasteiger partial charge < -0.3 is 34.9 Å². The fraction of sp³-hybridized carbons (Fsp3) is 0.465. The maximum atomic E-state index is 14.0. The Morgan fingerprint density at radius 3 is 2.48 bits per heavy atom. The zero-order valence-corrected chi connectivity index (χ0v) is 30.9. The van der Waals surface area contributed by atoms with Gasteiger partial charge >= 0.3 is 5.97 Å². The second-order valence-electron chi connectivity index (χ2n) is 15.1. The molecule has 4 N–H and O–H groups in total. The number of phenolic OH excluding ortho intramolecular Hbond substituents is 1. The number of aliphatic hydroxyl groups excluding tert-OH is 1. The average molecular weight is 737 g/mol. The molecule has 4 saturated heterocycles. The summed E-state index contributed by atoms with van der Waals surface area (Å²) < 4.78 is 12.3. The fourth-order valence-corrected chi connectivity index (χ4v) is 8.45. The largest absolute Gasteiger partial charge is 0.506 e. The van der Waals surface area contributed by atoms with Gasteiger partial charge in [0.1, 0.15) is 17.6 Å². The van der Waals surface area contributed by atoms with Crippen LogP contribution in [0.25, 0.3) is 10.9 Å². The number of unbranched alkanes of at least 4 members (excludes halogenated alkanes) is 2. The molecule has 4 fully saturated rings. The molecule has 11 heteroatoms. The molecule has 2 bridgehead atoms. The van der Waals surface area contributed by atoms with Crippen molar-refractivity contribution < 1.29 is 29.3 Å². The van der Waals surface area contributed by atoms with E-state index in [2.05, 4.69) is 15.2 Å². The van der Waals surface area contributed by atoms with Gasteiger partial charge in [0.2, 0.25) is 11.5 Å². The Morgan fingerprint density at radius 1 is 0.926 bits per heavy atom. The Morgan fingerprint density at radius 2 is 1.72 bits per heavy atom. The molecule has 3 aromatic carbocycles. The number of carbonyl (C=O) groups is 2. The van der Waals surface area contributed by atoms with Gasteiger partial charge in [0.05, 0.1) is 30.1 Å². The van der Waals surface area contributed by atoms with Gasteiger partial charge in [0.15, 0.2) is 0 Å². The summed E-state index contributed by atoms with van der Waals surface area (Å²) in [5.41, 5.74) is 1.78. The van der Waals surface area contributed by atoms with Crippen LogP contribution in [0.3, 0.4) is 0 Å². The van der Waals surface area contributed by atoms with Crippen LogP contribution in [0.15, 0.2) is 83.7 Å². The quantitative estimate of drug-likeness (QED) is 0.0996. The summed E-state index contributed by atoms with van der Waals surface area (Å²) in [5, 5.41) is 24.7. The number of rotatable bonds is 15. The van der Waals surface area contributed by atoms with Gasteiger partial charge in [-0.1, -0.05) is 48.5 Å². The fourth-order valence-electron chi connectivity index (χ4n) is 8.45. The van der Waals surface area contributed by atoms with Crippen molar-refractivity contribution in [1.29, 1.82) is 0 Å². The molecule has 4 aliphatic heterocycles. The molecule has 4 aliphatic rings. The van der Waals surface area contributed by atoms with Crippen LogP contribution in [-0.4, -0.2) is 95.4 Å². The van der Waals surface area contributed by atoms with Gasteiger partial charge in [-0.05, 0) is 111 Å². The number of aromatic nitrogens is 1. The predicted molar refractivity (Wildman–Crippen MR) is 207 cm³/mol. The number of aromatic hydroxyl groups is 1. The van der Waals surface area contributed by atoms with E-state index in [0.29, 0.717) is 61.5 Å². The molecular weight excluding hydrogens is 684 g/mol. The summed E-state index contributed by atoms with van der Waals surface area (Å²) >= 11 is 0. The lowest BCUT2D eigenvalue weighted by Crippen LogP contribution is -2.55. The first kappa shape index (κ1) is 37.6. The molecular formula is C43H52N4O7. The summed E-state index contributed by atoms with van der Waals surface area (Å²) in [6, 6.07) is 23.9. The van der Waals surface area contributed by atoms with Crippen LogP contribution in [0.5, 0.6) is 11.5 Å². The lowest BCUT2D eigenvalue weighted by molar-refractivity contribution is -0.168. The summed E-state index contributed by atoms with van der Waals surface area (Å²) in [6.45, 7) is 5.65. The number of nitrogens with one attached hydrogen (secondary N) is 2. The van der Waals surface area contributed by atoms with Crippen LogP contribution in [0.4, 0.5) is 0 Å². The molecule has 1 amide bonds. The number of benzene rings is 3. The Labute approximate surface area is 316 Å². The number of amides is 1. The van der Waals surface area contributed by atoms with E-state index in [4.69, 9.17) is 9.47 Å². The predicted octanol–water partition coefficient (Wildman–Crippen LogP) is 4.85. The monoisotopic (exact) mass is 736 g/mol. The number of hydrogen-bond donors (Lipinski definition) is 4. The van der Waals surface area contributed by atoms with Crippen LogP contribution in [0.1, 0.15) is 67.7 Å². The van der Waals surface area contributed by atoms with E-state index in [0.717, 1.165) is 75.2 Å². The number of piperidine rings is 4. The van der Waals surface area contributed by atoms with Gasteiger partial charge in [0, 0.05) is 37.6 Å². The van der Waals surface area contributed by atoms with Crippen molar-refractivity contribution in [3.63, 3.8) is 0 Å². The smallest absolute Gasteiger partial charge is 0.317 e. The highest BCUT2D eigenvalue weighted by Crippen LogP contribution is 2.39. The molecule has 0 spiro atoms. The lowest BCUT2D eigenvalue weighted by atomic mass is 9.72. The zero-order chi connectivity index (χ0) is 37.5. The molecule has 0 radical (unpaired) electrons. The molecule has 11 nitrogen and oxygen atoms in total. The molecule has 2 atom stereocenters. The highest BCUT2D eigenvalue weighted by molar-refractivity contribution is 5.87. The van der Waals surface area contributed by atoms with Gasteiger partial charge in [-0.2, -0.15) is 0 Å². The molecule has 54 heavy (non-hydrogen) atoms. The number of carbonyl (C=O) groups excluding carboxylic acids is 2. The van der Waals surface area contributed by atoms with E-state index in [-0.39, 0.29) is 35.7 Å². The van der Waals surface area contributed by atoms with Crippen LogP contribution in [0, 0.1) is 5.92 Å². The maximum Gasteiger partial charge on any atom is 0.317 e. The zero-order valence-electron chi connectivity index (χ0n) is 30.9. The van der Waals surface area contributed by atoms with E-state index in [1.807, 2.05) is 59.5 Å². The van der Waals surface area contributed by atoms with Crippen LogP contribution in [-0.2, 0) is 26.2 Å². The number of likely N-dealkylation sites (tertiary alicyclic amines) is 1. The number of phenols is 1. The third-order valence-electron chi connectivity index (χ3n) is 11.7. The number of nitrogens with zero attached hydrogens (tertiary/aromatic N) is 2. The highest BCUT2D eigenvalue weighted by atomic mass is 16.5. The van der Waals surface area contributed by atoms with Crippen molar-refractivity contribution in [1.82, 2.24) is 20.1 Å². The SMILES string of the molecule is O=C(Cc1cccc(OCCCCCNCC(O)c2ccc(O)c3[nH]c(=O)ccc23)c1)N1CCC(C(=O)O[C@H]2CN3CCC2CC3)(c2ccccc2)CC1. The Balaban J connectivity index is 0.833. The van der Waals surface area contributed by atoms with E-state index >= 15 is 0 Å². The Hall–Kier alpha value is -4.71. The molecule has 1 aromatic heterocycles. The summed E-state index contributed by atoms with van der Waals surface area (Å²) in [7, 11) is 0. The molecule has 0 aliphatic carbocycles. The van der Waals surface area contributed by atoms with E-state index in [9.17, 15) is 24.6 Å². The van der Waals surface area contributed by atoms with Crippen LogP contribution < -0.4 is 15.6 Å². The van der Waals surface area contributed by atoms with Crippen molar-refractivity contribution in [2.24, 2.45) is 5.92 Å². The number of hydrogen-bond acceptors (Lipinski definition) is 9. The van der Waals surface area contributed by atoms with Gasteiger partial charge in [-0.3, -0.25) is 19.3 Å². The topological polar surface area (TPSA) is 144 Å². The van der Waals surface area contributed by atoms with E-state index < -0.39 is 11.5 Å². The highest BCUT2D eigenvalue weighted by Gasteiger charge is 2.47. The molecule has 1 unspecified atom stereocenters. The molecule has 5 heterocycles. The van der Waals surface area contributed by atoms with Gasteiger partial charge in [-0.15, -0.1) is 0 Å². The molecule has 8 rings (SSSR count). The minimum absolute atomic E-state index is 0.0301. The Bertz CT molecular complexity index is 1950. The first-order valence-corrected chi connectivity index (χ1v) is 19.5. The summed E-state index contributed by atoms with van der Waals surface area (Å²) in [4.78, 5) is 46.1.